The lowest BCUT2D eigenvalue weighted by Crippen LogP contribution is -1.94. The Morgan fingerprint density at radius 2 is 1.28 bits per heavy atom. The van der Waals surface area contributed by atoms with Crippen LogP contribution in [0.15, 0.2) is 60.7 Å². The summed E-state index contributed by atoms with van der Waals surface area (Å²) in [5, 5.41) is 2.24. The van der Waals surface area contributed by atoms with Crippen molar-refractivity contribution in [3.05, 3.63) is 66.2 Å². The van der Waals surface area contributed by atoms with Crippen LogP contribution in [0.25, 0.3) is 27.5 Å². The van der Waals surface area contributed by atoms with E-state index >= 15 is 0 Å². The normalized spacial score (nSPS) is 10.8. The molecule has 1 heterocycles. The zero-order valence-electron chi connectivity index (χ0n) is 14.1. The summed E-state index contributed by atoms with van der Waals surface area (Å²) >= 11 is 0. The Kier molecular flexibility index (Phi) is 3.59. The Labute approximate surface area is 146 Å². The van der Waals surface area contributed by atoms with Gasteiger partial charge in [0, 0.05) is 22.0 Å². The average Bonchev–Trinajstić information content (AvgIpc) is 3.00. The largest absolute Gasteiger partial charge is 0.497 e. The molecule has 0 saturated heterocycles. The summed E-state index contributed by atoms with van der Waals surface area (Å²) in [5.41, 5.74) is 4.15. The number of fused-ring (bicyclic) bond motifs is 3. The summed E-state index contributed by atoms with van der Waals surface area (Å²) in [6, 6.07) is 20.2. The predicted molar refractivity (Wildman–Crippen MR) is 102 cm³/mol. The van der Waals surface area contributed by atoms with Gasteiger partial charge < -0.3 is 14.0 Å². The molecule has 0 N–H and O–H groups in total. The fourth-order valence-electron chi connectivity index (χ4n) is 3.22. The molecule has 0 amide bonds. The highest BCUT2D eigenvalue weighted by atomic mass is 16.5. The minimum Gasteiger partial charge on any atom is -0.497 e. The number of aromatic nitrogens is 1. The van der Waals surface area contributed by atoms with Gasteiger partial charge in [-0.05, 0) is 60.7 Å². The van der Waals surface area contributed by atoms with Crippen molar-refractivity contribution in [3.8, 4) is 29.5 Å². The van der Waals surface area contributed by atoms with Gasteiger partial charge in [-0.1, -0.05) is 5.92 Å². The highest BCUT2D eigenvalue weighted by Crippen LogP contribution is 2.36. The van der Waals surface area contributed by atoms with Crippen LogP contribution in [0, 0.1) is 12.3 Å². The first-order valence-electron chi connectivity index (χ1n) is 7.98. The van der Waals surface area contributed by atoms with Gasteiger partial charge >= 0.3 is 0 Å². The SMILES string of the molecule is C#Cc1ccc(-n2c3ccc(OC)cc3c3cc(OC)ccc32)cc1. The van der Waals surface area contributed by atoms with Crippen molar-refractivity contribution >= 4 is 21.8 Å². The maximum absolute atomic E-state index is 5.48. The van der Waals surface area contributed by atoms with E-state index in [1.165, 1.54) is 0 Å². The summed E-state index contributed by atoms with van der Waals surface area (Å²) in [5.74, 6) is 4.32. The van der Waals surface area contributed by atoms with Gasteiger partial charge in [0.05, 0.1) is 25.3 Å². The summed E-state index contributed by atoms with van der Waals surface area (Å²) in [6.07, 6.45) is 5.48. The molecular weight excluding hydrogens is 310 g/mol. The molecule has 1 aromatic heterocycles. The third kappa shape index (κ3) is 2.40. The van der Waals surface area contributed by atoms with E-state index in [2.05, 4.69) is 34.8 Å². The number of ether oxygens (including phenoxy) is 2. The second kappa shape index (κ2) is 5.92. The first kappa shape index (κ1) is 15.2. The number of rotatable bonds is 3. The van der Waals surface area contributed by atoms with Crippen molar-refractivity contribution in [2.24, 2.45) is 0 Å². The minimum absolute atomic E-state index is 0.831. The van der Waals surface area contributed by atoms with E-state index in [0.29, 0.717) is 0 Å². The van der Waals surface area contributed by atoms with Crippen LogP contribution in [0.2, 0.25) is 0 Å². The summed E-state index contributed by atoms with van der Waals surface area (Å²) in [4.78, 5) is 0. The van der Waals surface area contributed by atoms with E-state index in [1.807, 2.05) is 36.4 Å². The number of terminal acetylenes is 1. The van der Waals surface area contributed by atoms with E-state index in [4.69, 9.17) is 15.9 Å². The van der Waals surface area contributed by atoms with Crippen LogP contribution in [-0.4, -0.2) is 18.8 Å². The highest BCUT2D eigenvalue weighted by molar-refractivity contribution is 6.10. The van der Waals surface area contributed by atoms with Crippen molar-refractivity contribution in [3.63, 3.8) is 0 Å². The smallest absolute Gasteiger partial charge is 0.119 e. The van der Waals surface area contributed by atoms with Gasteiger partial charge in [0.2, 0.25) is 0 Å². The van der Waals surface area contributed by atoms with E-state index in [0.717, 1.165) is 44.6 Å². The molecular formula is C22H17NO2. The van der Waals surface area contributed by atoms with E-state index < -0.39 is 0 Å². The maximum Gasteiger partial charge on any atom is 0.119 e. The lowest BCUT2D eigenvalue weighted by molar-refractivity contribution is 0.415. The van der Waals surface area contributed by atoms with Crippen molar-refractivity contribution < 1.29 is 9.47 Å². The zero-order chi connectivity index (χ0) is 17.4. The molecule has 0 atom stereocenters. The lowest BCUT2D eigenvalue weighted by Gasteiger charge is -2.08. The molecule has 0 aliphatic heterocycles. The lowest BCUT2D eigenvalue weighted by atomic mass is 10.1. The number of nitrogens with zero attached hydrogens (tertiary/aromatic N) is 1. The van der Waals surface area contributed by atoms with Gasteiger partial charge in [0.1, 0.15) is 11.5 Å². The molecule has 0 saturated carbocycles. The van der Waals surface area contributed by atoms with Crippen LogP contribution in [0.5, 0.6) is 11.5 Å². The molecule has 122 valence electrons. The van der Waals surface area contributed by atoms with E-state index in [-0.39, 0.29) is 0 Å². The third-order valence-electron chi connectivity index (χ3n) is 4.47. The number of hydrogen-bond donors (Lipinski definition) is 0. The molecule has 0 unspecified atom stereocenters. The molecule has 3 nitrogen and oxygen atoms in total. The van der Waals surface area contributed by atoms with Crippen molar-refractivity contribution in [1.29, 1.82) is 0 Å². The number of benzene rings is 3. The van der Waals surface area contributed by atoms with Crippen molar-refractivity contribution in [1.82, 2.24) is 4.57 Å². The third-order valence-corrected chi connectivity index (χ3v) is 4.47. The number of hydrogen-bond acceptors (Lipinski definition) is 2. The van der Waals surface area contributed by atoms with Gasteiger partial charge in [-0.15, -0.1) is 6.42 Å². The fourth-order valence-corrected chi connectivity index (χ4v) is 3.22. The molecule has 3 heteroatoms. The van der Waals surface area contributed by atoms with E-state index in [9.17, 15) is 0 Å². The van der Waals surface area contributed by atoms with Gasteiger partial charge in [-0.2, -0.15) is 0 Å². The Hall–Kier alpha value is -3.38. The molecule has 4 rings (SSSR count). The minimum atomic E-state index is 0.831. The Bertz CT molecular complexity index is 1050. The highest BCUT2D eigenvalue weighted by Gasteiger charge is 2.13. The molecule has 25 heavy (non-hydrogen) atoms. The Balaban J connectivity index is 2.08. The van der Waals surface area contributed by atoms with Crippen LogP contribution in [0.4, 0.5) is 0 Å². The van der Waals surface area contributed by atoms with Gasteiger partial charge in [-0.25, -0.2) is 0 Å². The predicted octanol–water partition coefficient (Wildman–Crippen LogP) is 4.78. The Morgan fingerprint density at radius 1 is 0.760 bits per heavy atom. The molecule has 4 aromatic rings. The van der Waals surface area contributed by atoms with Crippen molar-refractivity contribution in [2.75, 3.05) is 14.2 Å². The van der Waals surface area contributed by atoms with Crippen LogP contribution in [0.1, 0.15) is 5.56 Å². The van der Waals surface area contributed by atoms with Crippen LogP contribution in [0.3, 0.4) is 0 Å². The molecule has 0 aliphatic carbocycles. The molecule has 0 fully saturated rings. The summed E-state index contributed by atoms with van der Waals surface area (Å²) in [6.45, 7) is 0. The van der Waals surface area contributed by atoms with Crippen molar-refractivity contribution in [2.45, 2.75) is 0 Å². The van der Waals surface area contributed by atoms with Gasteiger partial charge in [0.25, 0.3) is 0 Å². The summed E-state index contributed by atoms with van der Waals surface area (Å²) < 4.78 is 13.0. The molecule has 0 radical (unpaired) electrons. The second-order valence-electron chi connectivity index (χ2n) is 5.79. The van der Waals surface area contributed by atoms with Crippen LogP contribution >= 0.6 is 0 Å². The average molecular weight is 327 g/mol. The quantitative estimate of drug-likeness (QED) is 0.505. The topological polar surface area (TPSA) is 23.4 Å². The van der Waals surface area contributed by atoms with E-state index in [1.54, 1.807) is 14.2 Å². The molecule has 3 aromatic carbocycles. The first-order valence-corrected chi connectivity index (χ1v) is 7.98. The molecule has 0 bridgehead atoms. The standard InChI is InChI=1S/C22H17NO2/c1-4-15-5-7-16(8-6-15)23-21-11-9-17(24-2)13-19(21)20-14-18(25-3)10-12-22(20)23/h1,5-14H,2-3H3. The second-order valence-corrected chi connectivity index (χ2v) is 5.79. The van der Waals surface area contributed by atoms with Crippen LogP contribution < -0.4 is 9.47 Å². The van der Waals surface area contributed by atoms with Crippen LogP contribution in [-0.2, 0) is 0 Å². The van der Waals surface area contributed by atoms with Gasteiger partial charge in [-0.3, -0.25) is 0 Å². The molecule has 0 aliphatic rings. The summed E-state index contributed by atoms with van der Waals surface area (Å²) in [7, 11) is 3.36. The zero-order valence-corrected chi connectivity index (χ0v) is 14.1. The number of methoxy groups -OCH3 is 2. The monoisotopic (exact) mass is 327 g/mol. The molecule has 0 spiro atoms. The maximum atomic E-state index is 5.48. The Morgan fingerprint density at radius 3 is 1.72 bits per heavy atom. The van der Waals surface area contributed by atoms with Gasteiger partial charge in [0.15, 0.2) is 0 Å². The fraction of sp³-hybridized carbons (Fsp3) is 0.0909. The first-order chi connectivity index (χ1) is 12.2.